The van der Waals surface area contributed by atoms with Gasteiger partial charge in [0.05, 0.1) is 19.3 Å². The molecule has 1 aromatic carbocycles. The van der Waals surface area contributed by atoms with Gasteiger partial charge in [0.1, 0.15) is 6.61 Å². The maximum absolute atomic E-state index is 12.1. The van der Waals surface area contributed by atoms with Crippen molar-refractivity contribution in [2.24, 2.45) is 16.3 Å². The van der Waals surface area contributed by atoms with E-state index in [4.69, 9.17) is 4.74 Å². The molecule has 3 rings (SSSR count). The van der Waals surface area contributed by atoms with Crippen LogP contribution in [0.5, 0.6) is 0 Å². The van der Waals surface area contributed by atoms with Gasteiger partial charge in [0.2, 0.25) is 0 Å². The van der Waals surface area contributed by atoms with Gasteiger partial charge in [0, 0.05) is 30.5 Å². The van der Waals surface area contributed by atoms with Gasteiger partial charge in [-0.1, -0.05) is 38.1 Å². The van der Waals surface area contributed by atoms with Crippen LogP contribution in [0, 0.1) is 11.3 Å². The molecular weight excluding hydrogens is 383 g/mol. The molecule has 0 radical (unpaired) electrons. The summed E-state index contributed by atoms with van der Waals surface area (Å²) in [6, 6.07) is 7.61. The van der Waals surface area contributed by atoms with Crippen molar-refractivity contribution in [2.45, 2.75) is 58.7 Å². The summed E-state index contributed by atoms with van der Waals surface area (Å²) >= 11 is 0. The second-order valence-corrected chi connectivity index (χ2v) is 8.31. The predicted molar refractivity (Wildman–Crippen MR) is 106 cm³/mol. The average molecular weight is 413 g/mol. The molecule has 2 N–H and O–H groups in total. The normalized spacial score (nSPS) is 26.0. The number of nitrogens with zero attached hydrogens (tertiary/aromatic N) is 1. The zero-order valence-electron chi connectivity index (χ0n) is 17.2. The number of hydrogen-bond donors (Lipinski definition) is 2. The highest BCUT2D eigenvalue weighted by Crippen LogP contribution is 2.52. The molecule has 2 fully saturated rings. The molecule has 5 nitrogen and oxygen atoms in total. The van der Waals surface area contributed by atoms with E-state index in [1.807, 2.05) is 19.1 Å². The fourth-order valence-electron chi connectivity index (χ4n) is 4.28. The monoisotopic (exact) mass is 413 g/mol. The SMILES string of the molecule is CCNC(=NCc1ccc(COCC(F)(F)F)cc1)NC1C2CCOC2C1(C)C. The lowest BCUT2D eigenvalue weighted by Gasteiger charge is -2.54. The molecular formula is C21H30F3N3O2. The number of halogens is 3. The van der Waals surface area contributed by atoms with Gasteiger partial charge >= 0.3 is 6.18 Å². The van der Waals surface area contributed by atoms with E-state index in [1.54, 1.807) is 12.1 Å². The highest BCUT2D eigenvalue weighted by Gasteiger charge is 2.59. The molecule has 1 heterocycles. The zero-order chi connectivity index (χ0) is 21.1. The van der Waals surface area contributed by atoms with Crippen LogP contribution in [-0.4, -0.2) is 44.0 Å². The molecule has 0 aromatic heterocycles. The summed E-state index contributed by atoms with van der Waals surface area (Å²) in [5, 5.41) is 6.87. The van der Waals surface area contributed by atoms with Crippen LogP contribution in [0.2, 0.25) is 0 Å². The minimum Gasteiger partial charge on any atom is -0.377 e. The van der Waals surface area contributed by atoms with E-state index >= 15 is 0 Å². The third-order valence-corrected chi connectivity index (χ3v) is 5.71. The first-order valence-corrected chi connectivity index (χ1v) is 10.1. The van der Waals surface area contributed by atoms with Gasteiger partial charge in [0.15, 0.2) is 5.96 Å². The van der Waals surface area contributed by atoms with Gasteiger partial charge in [-0.15, -0.1) is 0 Å². The van der Waals surface area contributed by atoms with Gasteiger partial charge < -0.3 is 20.1 Å². The summed E-state index contributed by atoms with van der Waals surface area (Å²) in [4.78, 5) is 4.68. The van der Waals surface area contributed by atoms with Gasteiger partial charge in [-0.25, -0.2) is 4.99 Å². The van der Waals surface area contributed by atoms with Crippen molar-refractivity contribution >= 4 is 5.96 Å². The molecule has 1 aromatic rings. The van der Waals surface area contributed by atoms with Crippen LogP contribution >= 0.6 is 0 Å². The highest BCUT2D eigenvalue weighted by atomic mass is 19.4. The smallest absolute Gasteiger partial charge is 0.377 e. The molecule has 8 heteroatoms. The average Bonchev–Trinajstić information content (AvgIpc) is 3.11. The van der Waals surface area contributed by atoms with Crippen molar-refractivity contribution in [3.8, 4) is 0 Å². The number of aliphatic imine (C=N–C) groups is 1. The first-order valence-electron chi connectivity index (χ1n) is 10.1. The Kier molecular flexibility index (Phi) is 6.73. The van der Waals surface area contributed by atoms with Crippen LogP contribution in [0.1, 0.15) is 38.3 Å². The van der Waals surface area contributed by atoms with E-state index in [2.05, 4.69) is 34.2 Å². The second-order valence-electron chi connectivity index (χ2n) is 8.31. The van der Waals surface area contributed by atoms with Crippen LogP contribution in [0.3, 0.4) is 0 Å². The summed E-state index contributed by atoms with van der Waals surface area (Å²) in [7, 11) is 0. The first kappa shape index (κ1) is 21.9. The number of alkyl halides is 3. The number of fused-ring (bicyclic) bond motifs is 1. The standard InChI is InChI=1S/C21H30F3N3O2/c1-4-25-19(27-17-16-9-10-29-18(16)20(17,2)3)26-11-14-5-7-15(8-6-14)12-28-13-21(22,23)24/h5-8,16-18H,4,9-13H2,1-3H3,(H2,25,26,27). The lowest BCUT2D eigenvalue weighted by molar-refractivity contribution is -0.176. The third kappa shape index (κ3) is 5.42. The summed E-state index contributed by atoms with van der Waals surface area (Å²) in [5.74, 6) is 1.29. The Labute approximate surface area is 170 Å². The molecule has 162 valence electrons. The molecule has 0 spiro atoms. The summed E-state index contributed by atoms with van der Waals surface area (Å²) in [6.07, 6.45) is -2.91. The number of guanidine groups is 1. The van der Waals surface area contributed by atoms with E-state index in [-0.39, 0.29) is 12.0 Å². The molecule has 1 saturated carbocycles. The fourth-order valence-corrected chi connectivity index (χ4v) is 4.28. The first-order chi connectivity index (χ1) is 13.7. The molecule has 1 aliphatic carbocycles. The summed E-state index contributed by atoms with van der Waals surface area (Å²) < 4.78 is 47.0. The van der Waals surface area contributed by atoms with Gasteiger partial charge in [0.25, 0.3) is 0 Å². The largest absolute Gasteiger partial charge is 0.411 e. The van der Waals surface area contributed by atoms with E-state index in [1.165, 1.54) is 0 Å². The van der Waals surface area contributed by atoms with Crippen molar-refractivity contribution in [2.75, 3.05) is 19.8 Å². The van der Waals surface area contributed by atoms with E-state index < -0.39 is 12.8 Å². The Morgan fingerprint density at radius 3 is 2.59 bits per heavy atom. The zero-order valence-corrected chi connectivity index (χ0v) is 17.2. The Hall–Kier alpha value is -1.80. The molecule has 29 heavy (non-hydrogen) atoms. The van der Waals surface area contributed by atoms with Crippen LogP contribution in [-0.2, 0) is 22.6 Å². The number of ether oxygens (including phenoxy) is 2. The van der Waals surface area contributed by atoms with Gasteiger partial charge in [-0.05, 0) is 24.5 Å². The van der Waals surface area contributed by atoms with E-state index in [0.29, 0.717) is 30.2 Å². The predicted octanol–water partition coefficient (Wildman–Crippen LogP) is 3.63. The molecule has 0 amide bonds. The van der Waals surface area contributed by atoms with E-state index in [0.717, 1.165) is 31.1 Å². The third-order valence-electron chi connectivity index (χ3n) is 5.71. The minimum atomic E-state index is -4.30. The Morgan fingerprint density at radius 2 is 1.93 bits per heavy atom. The number of hydrogen-bond acceptors (Lipinski definition) is 3. The fraction of sp³-hybridized carbons (Fsp3) is 0.667. The van der Waals surface area contributed by atoms with Crippen molar-refractivity contribution in [1.29, 1.82) is 0 Å². The Bertz CT molecular complexity index is 704. The molecule has 1 saturated heterocycles. The molecule has 3 atom stereocenters. The number of rotatable bonds is 7. The Morgan fingerprint density at radius 1 is 1.24 bits per heavy atom. The summed E-state index contributed by atoms with van der Waals surface area (Å²) in [5.41, 5.74) is 1.75. The maximum Gasteiger partial charge on any atom is 0.411 e. The quantitative estimate of drug-likeness (QED) is 0.530. The molecule has 0 bridgehead atoms. The van der Waals surface area contributed by atoms with Gasteiger partial charge in [-0.3, -0.25) is 0 Å². The number of nitrogens with one attached hydrogen (secondary N) is 2. The van der Waals surface area contributed by atoms with Crippen LogP contribution in [0.4, 0.5) is 13.2 Å². The van der Waals surface area contributed by atoms with Crippen molar-refractivity contribution in [1.82, 2.24) is 10.6 Å². The molecule has 1 aliphatic heterocycles. The number of benzene rings is 1. The topological polar surface area (TPSA) is 54.9 Å². The second kappa shape index (κ2) is 8.92. The van der Waals surface area contributed by atoms with E-state index in [9.17, 15) is 13.2 Å². The maximum atomic E-state index is 12.1. The summed E-state index contributed by atoms with van der Waals surface area (Å²) in [6.45, 7) is 7.25. The molecule has 2 aliphatic rings. The van der Waals surface area contributed by atoms with Crippen molar-refractivity contribution in [3.05, 3.63) is 35.4 Å². The van der Waals surface area contributed by atoms with Crippen molar-refractivity contribution < 1.29 is 22.6 Å². The highest BCUT2D eigenvalue weighted by molar-refractivity contribution is 5.80. The Balaban J connectivity index is 1.55. The van der Waals surface area contributed by atoms with Crippen LogP contribution in [0.15, 0.2) is 29.3 Å². The lowest BCUT2D eigenvalue weighted by atomic mass is 9.57. The van der Waals surface area contributed by atoms with Crippen LogP contribution in [0.25, 0.3) is 0 Å². The van der Waals surface area contributed by atoms with Crippen molar-refractivity contribution in [3.63, 3.8) is 0 Å². The van der Waals surface area contributed by atoms with Gasteiger partial charge in [-0.2, -0.15) is 13.2 Å². The molecule has 3 unspecified atom stereocenters. The lowest BCUT2D eigenvalue weighted by Crippen LogP contribution is -2.67. The minimum absolute atomic E-state index is 0.0609. The van der Waals surface area contributed by atoms with Crippen LogP contribution < -0.4 is 10.6 Å².